The van der Waals surface area contributed by atoms with E-state index in [-0.39, 0.29) is 11.8 Å². The Hall–Kier alpha value is -3.67. The number of nitrogens with zero attached hydrogens (tertiary/aromatic N) is 4. The van der Waals surface area contributed by atoms with E-state index >= 15 is 0 Å². The Bertz CT molecular complexity index is 1170. The second kappa shape index (κ2) is 9.22. The Morgan fingerprint density at radius 3 is 2.69 bits per heavy atom. The van der Waals surface area contributed by atoms with Crippen LogP contribution in [0.15, 0.2) is 79.4 Å². The molecule has 0 radical (unpaired) electrons. The summed E-state index contributed by atoms with van der Waals surface area (Å²) in [6.45, 7) is 3.15. The van der Waals surface area contributed by atoms with Crippen LogP contribution in [0.1, 0.15) is 11.3 Å². The zero-order valence-electron chi connectivity index (χ0n) is 18.0. The maximum atomic E-state index is 13.4. The highest BCUT2D eigenvalue weighted by Crippen LogP contribution is 2.23. The molecule has 5 rings (SSSR count). The molecule has 1 aliphatic rings. The standard InChI is InChI=1S/C26H27N5O/c32-26(15-21-16-29-25-9-5-4-8-24(21)25)31-13-12-30(23-6-2-1-3-7-23)18-20(19-31)14-22-17-27-10-11-28-22/h1-11,16-17,20,29H,12-15,18-19H2/t20-/m0/s1. The van der Waals surface area contributed by atoms with E-state index in [1.54, 1.807) is 12.4 Å². The number of aromatic amines is 1. The van der Waals surface area contributed by atoms with Crippen LogP contribution in [0.3, 0.4) is 0 Å². The number of H-pyrrole nitrogens is 1. The molecule has 162 valence electrons. The van der Waals surface area contributed by atoms with Gasteiger partial charge in [-0.3, -0.25) is 14.8 Å². The lowest BCUT2D eigenvalue weighted by molar-refractivity contribution is -0.130. The summed E-state index contributed by atoms with van der Waals surface area (Å²) in [7, 11) is 0. The lowest BCUT2D eigenvalue weighted by atomic mass is 10.0. The molecule has 1 saturated heterocycles. The highest BCUT2D eigenvalue weighted by molar-refractivity contribution is 5.89. The Labute approximate surface area is 187 Å². The first-order chi connectivity index (χ1) is 15.8. The zero-order chi connectivity index (χ0) is 21.8. The van der Waals surface area contributed by atoms with E-state index in [0.717, 1.165) is 48.2 Å². The van der Waals surface area contributed by atoms with Crippen molar-refractivity contribution in [3.8, 4) is 0 Å². The van der Waals surface area contributed by atoms with E-state index in [0.29, 0.717) is 13.0 Å². The molecule has 6 heteroatoms. The second-order valence-corrected chi connectivity index (χ2v) is 8.42. The van der Waals surface area contributed by atoms with Gasteiger partial charge in [-0.05, 0) is 36.1 Å². The summed E-state index contributed by atoms with van der Waals surface area (Å²) in [5.74, 6) is 0.454. The van der Waals surface area contributed by atoms with E-state index in [4.69, 9.17) is 0 Å². The summed E-state index contributed by atoms with van der Waals surface area (Å²) in [5, 5.41) is 1.12. The summed E-state index contributed by atoms with van der Waals surface area (Å²) in [4.78, 5) is 29.8. The number of aromatic nitrogens is 3. The molecule has 1 aliphatic heterocycles. The fourth-order valence-electron chi connectivity index (χ4n) is 4.62. The number of rotatable bonds is 5. The Kier molecular flexibility index (Phi) is 5.83. The molecule has 4 aromatic rings. The third-order valence-corrected chi connectivity index (χ3v) is 6.20. The quantitative estimate of drug-likeness (QED) is 0.529. The molecule has 1 N–H and O–H groups in total. The van der Waals surface area contributed by atoms with Gasteiger partial charge in [-0.1, -0.05) is 36.4 Å². The van der Waals surface area contributed by atoms with E-state index in [1.165, 1.54) is 5.69 Å². The highest BCUT2D eigenvalue weighted by Gasteiger charge is 2.27. The van der Waals surface area contributed by atoms with Crippen LogP contribution < -0.4 is 4.90 Å². The van der Waals surface area contributed by atoms with Gasteiger partial charge in [-0.2, -0.15) is 0 Å². The molecule has 1 amide bonds. The summed E-state index contributed by atoms with van der Waals surface area (Å²) in [5.41, 5.74) is 4.29. The molecule has 1 fully saturated rings. The third kappa shape index (κ3) is 4.49. The van der Waals surface area contributed by atoms with Gasteiger partial charge in [-0.15, -0.1) is 0 Å². The summed E-state index contributed by atoms with van der Waals surface area (Å²) >= 11 is 0. The first kappa shape index (κ1) is 20.2. The number of nitrogens with one attached hydrogen (secondary N) is 1. The average Bonchev–Trinajstić information content (AvgIpc) is 3.11. The van der Waals surface area contributed by atoms with E-state index < -0.39 is 0 Å². The molecule has 3 heterocycles. The first-order valence-electron chi connectivity index (χ1n) is 11.1. The van der Waals surface area contributed by atoms with E-state index in [2.05, 4.69) is 50.2 Å². The van der Waals surface area contributed by atoms with Gasteiger partial charge in [0.15, 0.2) is 0 Å². The Morgan fingerprint density at radius 1 is 1.00 bits per heavy atom. The van der Waals surface area contributed by atoms with Crippen molar-refractivity contribution in [1.29, 1.82) is 0 Å². The van der Waals surface area contributed by atoms with Crippen LogP contribution in [0.4, 0.5) is 5.69 Å². The maximum absolute atomic E-state index is 13.4. The molecule has 32 heavy (non-hydrogen) atoms. The first-order valence-corrected chi connectivity index (χ1v) is 11.1. The number of fused-ring (bicyclic) bond motifs is 1. The predicted molar refractivity (Wildman–Crippen MR) is 126 cm³/mol. The van der Waals surface area contributed by atoms with Crippen molar-refractivity contribution in [2.24, 2.45) is 5.92 Å². The lowest BCUT2D eigenvalue weighted by Gasteiger charge is -2.25. The molecular weight excluding hydrogens is 398 g/mol. The van der Waals surface area contributed by atoms with Crippen molar-refractivity contribution in [3.05, 3.63) is 90.6 Å². The van der Waals surface area contributed by atoms with Crippen molar-refractivity contribution in [2.75, 3.05) is 31.1 Å². The van der Waals surface area contributed by atoms with Crippen molar-refractivity contribution in [3.63, 3.8) is 0 Å². The summed E-state index contributed by atoms with van der Waals surface area (Å²) in [6.07, 6.45) is 8.44. The zero-order valence-corrected chi connectivity index (χ0v) is 18.0. The molecule has 0 unspecified atom stereocenters. The topological polar surface area (TPSA) is 65.1 Å². The van der Waals surface area contributed by atoms with Crippen molar-refractivity contribution in [1.82, 2.24) is 19.9 Å². The number of hydrogen-bond acceptors (Lipinski definition) is 4. The van der Waals surface area contributed by atoms with Gasteiger partial charge in [-0.25, -0.2) is 0 Å². The number of benzene rings is 2. The minimum atomic E-state index is 0.175. The molecule has 0 saturated carbocycles. The SMILES string of the molecule is O=C(Cc1c[nH]c2ccccc12)N1CCN(c2ccccc2)C[C@H](Cc2cnccn2)C1. The minimum Gasteiger partial charge on any atom is -0.369 e. The van der Waals surface area contributed by atoms with Gasteiger partial charge in [0.05, 0.1) is 12.1 Å². The van der Waals surface area contributed by atoms with Gasteiger partial charge in [0.25, 0.3) is 0 Å². The van der Waals surface area contributed by atoms with Gasteiger partial charge in [0.1, 0.15) is 0 Å². The van der Waals surface area contributed by atoms with Crippen LogP contribution in [0.2, 0.25) is 0 Å². The predicted octanol–water partition coefficient (Wildman–Crippen LogP) is 3.71. The summed E-state index contributed by atoms with van der Waals surface area (Å²) in [6, 6.07) is 18.6. The normalized spacial score (nSPS) is 16.8. The molecule has 0 bridgehead atoms. The second-order valence-electron chi connectivity index (χ2n) is 8.42. The molecule has 0 spiro atoms. The smallest absolute Gasteiger partial charge is 0.227 e. The number of para-hydroxylation sites is 2. The number of anilines is 1. The molecule has 0 aliphatic carbocycles. The average molecular weight is 426 g/mol. The fourth-order valence-corrected chi connectivity index (χ4v) is 4.62. The van der Waals surface area contributed by atoms with Crippen LogP contribution in [0, 0.1) is 5.92 Å². The van der Waals surface area contributed by atoms with Crippen LogP contribution in [0.25, 0.3) is 10.9 Å². The van der Waals surface area contributed by atoms with Crippen LogP contribution in [-0.4, -0.2) is 51.9 Å². The molecule has 1 atom stereocenters. The molecule has 2 aromatic carbocycles. The van der Waals surface area contributed by atoms with Gasteiger partial charge in [0, 0.05) is 67.6 Å². The fraction of sp³-hybridized carbons (Fsp3) is 0.269. The number of carbonyl (C=O) groups excluding carboxylic acids is 1. The largest absolute Gasteiger partial charge is 0.369 e. The monoisotopic (exact) mass is 425 g/mol. The van der Waals surface area contributed by atoms with Crippen LogP contribution in [-0.2, 0) is 17.6 Å². The van der Waals surface area contributed by atoms with E-state index in [9.17, 15) is 4.79 Å². The Balaban J connectivity index is 1.36. The number of hydrogen-bond donors (Lipinski definition) is 1. The van der Waals surface area contributed by atoms with Crippen molar-refractivity contribution < 1.29 is 4.79 Å². The Morgan fingerprint density at radius 2 is 1.84 bits per heavy atom. The number of amides is 1. The van der Waals surface area contributed by atoms with E-state index in [1.807, 2.05) is 41.6 Å². The van der Waals surface area contributed by atoms with Crippen molar-refractivity contribution >= 4 is 22.5 Å². The lowest BCUT2D eigenvalue weighted by Crippen LogP contribution is -2.37. The molecular formula is C26H27N5O. The van der Waals surface area contributed by atoms with Crippen LogP contribution in [0.5, 0.6) is 0 Å². The molecule has 6 nitrogen and oxygen atoms in total. The maximum Gasteiger partial charge on any atom is 0.227 e. The van der Waals surface area contributed by atoms with Gasteiger partial charge >= 0.3 is 0 Å². The minimum absolute atomic E-state index is 0.175. The highest BCUT2D eigenvalue weighted by atomic mass is 16.2. The summed E-state index contributed by atoms with van der Waals surface area (Å²) < 4.78 is 0. The van der Waals surface area contributed by atoms with Gasteiger partial charge < -0.3 is 14.8 Å². The molecule has 2 aromatic heterocycles. The van der Waals surface area contributed by atoms with Crippen LogP contribution >= 0.6 is 0 Å². The third-order valence-electron chi connectivity index (χ3n) is 6.20. The van der Waals surface area contributed by atoms with Crippen molar-refractivity contribution in [2.45, 2.75) is 12.8 Å². The number of carbonyl (C=O) groups is 1. The van der Waals surface area contributed by atoms with Gasteiger partial charge in [0.2, 0.25) is 5.91 Å².